The summed E-state index contributed by atoms with van der Waals surface area (Å²) >= 11 is 0. The van der Waals surface area contributed by atoms with Crippen LogP contribution in [-0.2, 0) is 21.9 Å². The molecule has 0 spiro atoms. The minimum atomic E-state index is -5.02. The molecule has 3 rings (SSSR count). The third kappa shape index (κ3) is 6.06. The number of anilines is 1. The Labute approximate surface area is 191 Å². The maximum absolute atomic E-state index is 13.4. The van der Waals surface area contributed by atoms with Gasteiger partial charge in [0.05, 0.1) is 29.5 Å². The first kappa shape index (κ1) is 25.1. The summed E-state index contributed by atoms with van der Waals surface area (Å²) in [7, 11) is 0. The van der Waals surface area contributed by atoms with Crippen LogP contribution in [0.4, 0.5) is 32.0 Å². The van der Waals surface area contributed by atoms with E-state index in [1.807, 2.05) is 0 Å². The molecule has 3 aromatic rings. The van der Waals surface area contributed by atoms with Gasteiger partial charge in [-0.05, 0) is 42.8 Å². The van der Waals surface area contributed by atoms with Crippen LogP contribution in [0.15, 0.2) is 72.9 Å². The van der Waals surface area contributed by atoms with E-state index in [9.17, 15) is 31.1 Å². The van der Waals surface area contributed by atoms with Crippen molar-refractivity contribution in [3.8, 4) is 0 Å². The molecule has 1 heterocycles. The average molecular weight is 482 g/mol. The standard InChI is InChI=1S/C24H20F6N2O2/c1-2-34-22(33)20(15-8-4-3-5-9-15)21(19-10-6-7-11-31-19)32-18-13-16(23(25,26)27)12-17(14-18)24(28,29)30/h3-14,20-21,32H,2H2,1H3/t20-,21+/m1/s1. The molecule has 0 saturated carbocycles. The van der Waals surface area contributed by atoms with Gasteiger partial charge in [-0.1, -0.05) is 36.4 Å². The first-order chi connectivity index (χ1) is 16.0. The van der Waals surface area contributed by atoms with Crippen LogP contribution in [-0.4, -0.2) is 17.6 Å². The molecule has 0 aliphatic rings. The van der Waals surface area contributed by atoms with Crippen LogP contribution in [0.5, 0.6) is 0 Å². The van der Waals surface area contributed by atoms with Gasteiger partial charge in [0.1, 0.15) is 5.92 Å². The number of pyridine rings is 1. The minimum Gasteiger partial charge on any atom is -0.465 e. The molecular formula is C24H20F6N2O2. The number of alkyl halides is 6. The average Bonchev–Trinajstić information content (AvgIpc) is 2.79. The molecule has 1 aromatic heterocycles. The van der Waals surface area contributed by atoms with Crippen molar-refractivity contribution in [2.45, 2.75) is 31.2 Å². The second-order valence-electron chi connectivity index (χ2n) is 7.31. The Kier molecular flexibility index (Phi) is 7.48. The molecule has 0 saturated heterocycles. The smallest absolute Gasteiger partial charge is 0.416 e. The van der Waals surface area contributed by atoms with Gasteiger partial charge in [-0.3, -0.25) is 9.78 Å². The predicted octanol–water partition coefficient (Wildman–Crippen LogP) is 6.62. The molecule has 0 bridgehead atoms. The monoisotopic (exact) mass is 482 g/mol. The van der Waals surface area contributed by atoms with Gasteiger partial charge in [0.2, 0.25) is 0 Å². The normalized spacial score (nSPS) is 13.7. The first-order valence-electron chi connectivity index (χ1n) is 10.2. The zero-order chi connectivity index (χ0) is 24.9. The number of hydrogen-bond donors (Lipinski definition) is 1. The molecule has 2 aromatic carbocycles. The minimum absolute atomic E-state index is 0.0267. The summed E-state index contributed by atoms with van der Waals surface area (Å²) in [4.78, 5) is 17.1. The van der Waals surface area contributed by atoms with Crippen molar-refractivity contribution in [2.75, 3.05) is 11.9 Å². The van der Waals surface area contributed by atoms with E-state index < -0.39 is 47.1 Å². The Morgan fingerprint density at radius 3 is 2.00 bits per heavy atom. The number of aromatic nitrogens is 1. The van der Waals surface area contributed by atoms with E-state index in [0.29, 0.717) is 17.7 Å². The number of carbonyl (C=O) groups is 1. The summed E-state index contributed by atoms with van der Waals surface area (Å²) in [6.45, 7) is 1.62. The van der Waals surface area contributed by atoms with E-state index in [1.165, 1.54) is 12.3 Å². The largest absolute Gasteiger partial charge is 0.465 e. The molecular weight excluding hydrogens is 462 g/mol. The van der Waals surface area contributed by atoms with Gasteiger partial charge in [-0.15, -0.1) is 0 Å². The van der Waals surface area contributed by atoms with Crippen molar-refractivity contribution in [3.63, 3.8) is 0 Å². The predicted molar refractivity (Wildman–Crippen MR) is 113 cm³/mol. The zero-order valence-electron chi connectivity index (χ0n) is 17.8. The van der Waals surface area contributed by atoms with Crippen LogP contribution in [0.3, 0.4) is 0 Å². The van der Waals surface area contributed by atoms with E-state index in [0.717, 1.165) is 0 Å². The molecule has 0 radical (unpaired) electrons. The van der Waals surface area contributed by atoms with E-state index >= 15 is 0 Å². The SMILES string of the molecule is CCOC(=O)[C@H](c1ccccc1)[C@@H](Nc1cc(C(F)(F)F)cc(C(F)(F)F)c1)c1ccccn1. The lowest BCUT2D eigenvalue weighted by Crippen LogP contribution is -2.28. The fourth-order valence-electron chi connectivity index (χ4n) is 3.46. The molecule has 0 unspecified atom stereocenters. The number of hydrogen-bond acceptors (Lipinski definition) is 4. The summed E-state index contributed by atoms with van der Waals surface area (Å²) in [6.07, 6.45) is -8.62. The molecule has 0 amide bonds. The topological polar surface area (TPSA) is 51.2 Å². The molecule has 1 N–H and O–H groups in total. The molecule has 2 atom stereocenters. The van der Waals surface area contributed by atoms with Gasteiger partial charge >= 0.3 is 18.3 Å². The fourth-order valence-corrected chi connectivity index (χ4v) is 3.46. The summed E-state index contributed by atoms with van der Waals surface area (Å²) < 4.78 is 85.4. The maximum atomic E-state index is 13.4. The van der Waals surface area contributed by atoms with Crippen molar-refractivity contribution >= 4 is 11.7 Å². The first-order valence-corrected chi connectivity index (χ1v) is 10.2. The van der Waals surface area contributed by atoms with Crippen molar-refractivity contribution in [2.24, 2.45) is 0 Å². The quantitative estimate of drug-likeness (QED) is 0.304. The fraction of sp³-hybridized carbons (Fsp3) is 0.250. The summed E-state index contributed by atoms with van der Waals surface area (Å²) in [5.74, 6) is -1.82. The highest BCUT2D eigenvalue weighted by atomic mass is 19.4. The molecule has 34 heavy (non-hydrogen) atoms. The molecule has 0 aliphatic heterocycles. The number of ether oxygens (including phenoxy) is 1. The number of carbonyl (C=O) groups excluding carboxylic acids is 1. The Hall–Kier alpha value is -3.56. The van der Waals surface area contributed by atoms with Crippen molar-refractivity contribution < 1.29 is 35.9 Å². The van der Waals surface area contributed by atoms with Gasteiger partial charge in [0.15, 0.2) is 0 Å². The van der Waals surface area contributed by atoms with Crippen molar-refractivity contribution in [1.29, 1.82) is 0 Å². The third-order valence-corrected chi connectivity index (χ3v) is 4.95. The summed E-state index contributed by atoms with van der Waals surface area (Å²) in [5, 5.41) is 2.69. The van der Waals surface area contributed by atoms with Gasteiger partial charge < -0.3 is 10.1 Å². The van der Waals surface area contributed by atoms with Crippen LogP contribution in [0.2, 0.25) is 0 Å². The lowest BCUT2D eigenvalue weighted by atomic mass is 9.88. The van der Waals surface area contributed by atoms with E-state index in [1.54, 1.807) is 49.4 Å². The van der Waals surface area contributed by atoms with Crippen molar-refractivity contribution in [3.05, 3.63) is 95.3 Å². The lowest BCUT2D eigenvalue weighted by Gasteiger charge is -2.28. The van der Waals surface area contributed by atoms with Gasteiger partial charge in [0, 0.05) is 11.9 Å². The molecule has 10 heteroatoms. The second kappa shape index (κ2) is 10.1. The van der Waals surface area contributed by atoms with E-state index in [2.05, 4.69) is 10.3 Å². The van der Waals surface area contributed by atoms with E-state index in [-0.39, 0.29) is 18.4 Å². The lowest BCUT2D eigenvalue weighted by molar-refractivity contribution is -0.146. The van der Waals surface area contributed by atoms with Crippen LogP contribution in [0.25, 0.3) is 0 Å². The molecule has 180 valence electrons. The number of benzene rings is 2. The van der Waals surface area contributed by atoms with Crippen LogP contribution >= 0.6 is 0 Å². The highest BCUT2D eigenvalue weighted by Gasteiger charge is 2.38. The summed E-state index contributed by atoms with van der Waals surface area (Å²) in [5.41, 5.74) is -2.74. The maximum Gasteiger partial charge on any atom is 0.416 e. The highest BCUT2D eigenvalue weighted by molar-refractivity contribution is 5.80. The Balaban J connectivity index is 2.17. The van der Waals surface area contributed by atoms with Crippen LogP contribution < -0.4 is 5.32 Å². The summed E-state index contributed by atoms with van der Waals surface area (Å²) in [6, 6.07) is 13.0. The van der Waals surface area contributed by atoms with E-state index in [4.69, 9.17) is 4.74 Å². The van der Waals surface area contributed by atoms with Gasteiger partial charge in [0.25, 0.3) is 0 Å². The second-order valence-corrected chi connectivity index (χ2v) is 7.31. The van der Waals surface area contributed by atoms with Crippen LogP contribution in [0, 0.1) is 0 Å². The number of nitrogens with zero attached hydrogens (tertiary/aromatic N) is 1. The van der Waals surface area contributed by atoms with Gasteiger partial charge in [-0.2, -0.15) is 26.3 Å². The molecule has 0 aliphatic carbocycles. The Bertz CT molecular complexity index is 1070. The molecule has 4 nitrogen and oxygen atoms in total. The van der Waals surface area contributed by atoms with Crippen molar-refractivity contribution in [1.82, 2.24) is 4.98 Å². The Morgan fingerprint density at radius 1 is 0.912 bits per heavy atom. The van der Waals surface area contributed by atoms with Gasteiger partial charge in [-0.25, -0.2) is 0 Å². The zero-order valence-corrected chi connectivity index (χ0v) is 17.8. The highest BCUT2D eigenvalue weighted by Crippen LogP contribution is 2.40. The number of esters is 1. The molecule has 0 fully saturated rings. The third-order valence-electron chi connectivity index (χ3n) is 4.95. The number of rotatable bonds is 7. The van der Waals surface area contributed by atoms with Crippen LogP contribution in [0.1, 0.15) is 41.3 Å². The number of halogens is 6. The Morgan fingerprint density at radius 2 is 1.50 bits per heavy atom. The number of nitrogens with one attached hydrogen (secondary N) is 1.